The Morgan fingerprint density at radius 2 is 1.96 bits per heavy atom. The zero-order valence-electron chi connectivity index (χ0n) is 13.6. The van der Waals surface area contributed by atoms with Crippen LogP contribution in [0.1, 0.15) is 21.5 Å². The van der Waals surface area contributed by atoms with Crippen LogP contribution < -0.4 is 10.1 Å². The molecule has 5 nitrogen and oxygen atoms in total. The highest BCUT2D eigenvalue weighted by Crippen LogP contribution is 2.17. The van der Waals surface area contributed by atoms with Crippen molar-refractivity contribution in [2.45, 2.75) is 13.5 Å². The van der Waals surface area contributed by atoms with E-state index in [4.69, 9.17) is 4.74 Å². The summed E-state index contributed by atoms with van der Waals surface area (Å²) in [6.07, 6.45) is 4.76. The summed E-state index contributed by atoms with van der Waals surface area (Å²) in [6.45, 7) is 2.14. The normalized spacial score (nSPS) is 10.3. The third-order valence-electron chi connectivity index (χ3n) is 3.51. The molecule has 0 saturated carbocycles. The van der Waals surface area contributed by atoms with Crippen LogP contribution in [0.25, 0.3) is 0 Å². The van der Waals surface area contributed by atoms with Gasteiger partial charge in [0.05, 0.1) is 11.3 Å². The first kappa shape index (κ1) is 16.6. The van der Waals surface area contributed by atoms with Crippen LogP contribution in [0.15, 0.2) is 61.1 Å². The average Bonchev–Trinajstić information content (AvgIpc) is 2.63. The second-order valence-corrected chi connectivity index (χ2v) is 5.47. The number of benzene rings is 1. The quantitative estimate of drug-likeness (QED) is 0.770. The second kappa shape index (κ2) is 7.53. The third kappa shape index (κ3) is 4.38. The fourth-order valence-electron chi connectivity index (χ4n) is 2.15. The van der Waals surface area contributed by atoms with Gasteiger partial charge in [-0.05, 0) is 48.4 Å². The number of anilines is 1. The minimum Gasteiger partial charge on any atom is -0.473 e. The molecule has 0 saturated heterocycles. The first-order valence-corrected chi connectivity index (χ1v) is 7.67. The lowest BCUT2D eigenvalue weighted by Crippen LogP contribution is -2.13. The van der Waals surface area contributed by atoms with Crippen molar-refractivity contribution in [3.63, 3.8) is 0 Å². The maximum absolute atomic E-state index is 13.8. The lowest BCUT2D eigenvalue weighted by molar-refractivity contribution is 0.102. The molecule has 0 aliphatic heterocycles. The van der Waals surface area contributed by atoms with Crippen molar-refractivity contribution in [1.82, 2.24) is 9.97 Å². The number of amides is 1. The number of halogens is 1. The minimum absolute atomic E-state index is 0.133. The molecule has 2 heterocycles. The van der Waals surface area contributed by atoms with Gasteiger partial charge in [-0.3, -0.25) is 9.78 Å². The number of nitrogens with one attached hydrogen (secondary N) is 1. The molecular weight excluding hydrogens is 321 g/mol. The smallest absolute Gasteiger partial charge is 0.257 e. The molecule has 3 rings (SSSR count). The van der Waals surface area contributed by atoms with Gasteiger partial charge in [-0.1, -0.05) is 6.07 Å². The summed E-state index contributed by atoms with van der Waals surface area (Å²) in [5.41, 5.74) is 2.20. The maximum atomic E-state index is 13.8. The van der Waals surface area contributed by atoms with Crippen LogP contribution in [0, 0.1) is 12.7 Å². The standard InChI is InChI=1S/C19H16FN3O2/c1-13-2-4-17(16(20)10-13)23-19(24)15-3-5-18(22-11-15)25-12-14-6-8-21-9-7-14/h2-11H,12H2,1H3,(H,23,24). The van der Waals surface area contributed by atoms with E-state index in [0.29, 0.717) is 18.1 Å². The van der Waals surface area contributed by atoms with Gasteiger partial charge >= 0.3 is 0 Å². The number of ether oxygens (including phenoxy) is 1. The van der Waals surface area contributed by atoms with Crippen molar-refractivity contribution < 1.29 is 13.9 Å². The van der Waals surface area contributed by atoms with E-state index < -0.39 is 11.7 Å². The molecule has 0 aliphatic rings. The molecule has 1 amide bonds. The number of carbonyl (C=O) groups is 1. The SMILES string of the molecule is Cc1ccc(NC(=O)c2ccc(OCc3ccncc3)nc2)c(F)c1. The lowest BCUT2D eigenvalue weighted by Gasteiger charge is -2.08. The predicted molar refractivity (Wildman–Crippen MR) is 91.9 cm³/mol. The minimum atomic E-state index is -0.474. The number of hydrogen-bond acceptors (Lipinski definition) is 4. The molecule has 1 aromatic carbocycles. The Morgan fingerprint density at radius 3 is 2.64 bits per heavy atom. The summed E-state index contributed by atoms with van der Waals surface area (Å²) in [6, 6.07) is 11.5. The van der Waals surface area contributed by atoms with Crippen LogP contribution in [0.2, 0.25) is 0 Å². The van der Waals surface area contributed by atoms with Crippen LogP contribution in [0.5, 0.6) is 5.88 Å². The number of aryl methyl sites for hydroxylation is 1. The summed E-state index contributed by atoms with van der Waals surface area (Å²) in [5, 5.41) is 2.53. The number of rotatable bonds is 5. The predicted octanol–water partition coefficient (Wildman–Crippen LogP) is 3.76. The molecule has 0 spiro atoms. The third-order valence-corrected chi connectivity index (χ3v) is 3.51. The van der Waals surface area contributed by atoms with Gasteiger partial charge in [0.15, 0.2) is 0 Å². The lowest BCUT2D eigenvalue weighted by atomic mass is 10.2. The topological polar surface area (TPSA) is 64.1 Å². The molecule has 1 N–H and O–H groups in total. The van der Waals surface area contributed by atoms with Crippen LogP contribution in [-0.2, 0) is 6.61 Å². The Balaban J connectivity index is 1.62. The summed E-state index contributed by atoms with van der Waals surface area (Å²) in [4.78, 5) is 20.2. The average molecular weight is 337 g/mol. The van der Waals surface area contributed by atoms with E-state index in [1.807, 2.05) is 12.1 Å². The molecule has 3 aromatic rings. The van der Waals surface area contributed by atoms with E-state index in [1.165, 1.54) is 18.3 Å². The molecular formula is C19H16FN3O2. The fourth-order valence-corrected chi connectivity index (χ4v) is 2.15. The molecule has 0 aliphatic carbocycles. The number of aromatic nitrogens is 2. The monoisotopic (exact) mass is 337 g/mol. The van der Waals surface area contributed by atoms with Crippen molar-refractivity contribution in [2.75, 3.05) is 5.32 Å². The number of nitrogens with zero attached hydrogens (tertiary/aromatic N) is 2. The van der Waals surface area contributed by atoms with Gasteiger partial charge in [0.1, 0.15) is 12.4 Å². The Bertz CT molecular complexity index is 868. The highest BCUT2D eigenvalue weighted by molar-refractivity contribution is 6.04. The molecule has 6 heteroatoms. The van der Waals surface area contributed by atoms with Gasteiger partial charge in [-0.15, -0.1) is 0 Å². The Labute approximate surface area is 144 Å². The van der Waals surface area contributed by atoms with Crippen LogP contribution >= 0.6 is 0 Å². The number of hydrogen-bond donors (Lipinski definition) is 1. The zero-order valence-corrected chi connectivity index (χ0v) is 13.6. The number of carbonyl (C=O) groups excluding carboxylic acids is 1. The van der Waals surface area contributed by atoms with Gasteiger partial charge in [-0.25, -0.2) is 9.37 Å². The van der Waals surface area contributed by atoms with Crippen LogP contribution in [0.3, 0.4) is 0 Å². The van der Waals surface area contributed by atoms with E-state index in [-0.39, 0.29) is 5.69 Å². The summed E-state index contributed by atoms with van der Waals surface area (Å²) in [5.74, 6) is -0.510. The van der Waals surface area contributed by atoms with E-state index in [1.54, 1.807) is 37.5 Å². The summed E-state index contributed by atoms with van der Waals surface area (Å²) < 4.78 is 19.3. The second-order valence-electron chi connectivity index (χ2n) is 5.47. The van der Waals surface area contributed by atoms with E-state index in [0.717, 1.165) is 11.1 Å². The Kier molecular flexibility index (Phi) is 4.99. The van der Waals surface area contributed by atoms with Crippen molar-refractivity contribution in [3.05, 3.63) is 83.6 Å². The molecule has 0 unspecified atom stereocenters. The summed E-state index contributed by atoms with van der Waals surface area (Å²) >= 11 is 0. The fraction of sp³-hybridized carbons (Fsp3) is 0.105. The van der Waals surface area contributed by atoms with E-state index >= 15 is 0 Å². The van der Waals surface area contributed by atoms with E-state index in [9.17, 15) is 9.18 Å². The molecule has 0 bridgehead atoms. The molecule has 0 atom stereocenters. The molecule has 0 radical (unpaired) electrons. The van der Waals surface area contributed by atoms with Crippen LogP contribution in [-0.4, -0.2) is 15.9 Å². The largest absolute Gasteiger partial charge is 0.473 e. The van der Waals surface area contributed by atoms with E-state index in [2.05, 4.69) is 15.3 Å². The molecule has 126 valence electrons. The van der Waals surface area contributed by atoms with Crippen molar-refractivity contribution >= 4 is 11.6 Å². The Hall–Kier alpha value is -3.28. The van der Waals surface area contributed by atoms with Gasteiger partial charge in [-0.2, -0.15) is 0 Å². The van der Waals surface area contributed by atoms with Crippen molar-refractivity contribution in [2.24, 2.45) is 0 Å². The maximum Gasteiger partial charge on any atom is 0.257 e. The molecule has 25 heavy (non-hydrogen) atoms. The number of pyridine rings is 2. The molecule has 2 aromatic heterocycles. The summed E-state index contributed by atoms with van der Waals surface area (Å²) in [7, 11) is 0. The first-order chi connectivity index (χ1) is 12.1. The highest BCUT2D eigenvalue weighted by Gasteiger charge is 2.10. The van der Waals surface area contributed by atoms with Gasteiger partial charge in [0.2, 0.25) is 5.88 Å². The first-order valence-electron chi connectivity index (χ1n) is 7.67. The molecule has 0 fully saturated rings. The van der Waals surface area contributed by atoms with Crippen molar-refractivity contribution in [3.8, 4) is 5.88 Å². The Morgan fingerprint density at radius 1 is 1.16 bits per heavy atom. The zero-order chi connectivity index (χ0) is 17.6. The van der Waals surface area contributed by atoms with Crippen molar-refractivity contribution in [1.29, 1.82) is 0 Å². The van der Waals surface area contributed by atoms with Crippen LogP contribution in [0.4, 0.5) is 10.1 Å². The van der Waals surface area contributed by atoms with Gasteiger partial charge < -0.3 is 10.1 Å². The van der Waals surface area contributed by atoms with Gasteiger partial charge in [0, 0.05) is 24.7 Å². The van der Waals surface area contributed by atoms with Gasteiger partial charge in [0.25, 0.3) is 5.91 Å². The highest BCUT2D eigenvalue weighted by atomic mass is 19.1.